The van der Waals surface area contributed by atoms with Gasteiger partial charge in [0.2, 0.25) is 0 Å². The highest BCUT2D eigenvalue weighted by molar-refractivity contribution is 5.71. The van der Waals surface area contributed by atoms with Crippen LogP contribution in [0.25, 0.3) is 22.6 Å². The van der Waals surface area contributed by atoms with Crippen molar-refractivity contribution in [3.05, 3.63) is 82.0 Å². The van der Waals surface area contributed by atoms with E-state index in [9.17, 15) is 4.79 Å². The molecule has 1 atom stereocenters. The van der Waals surface area contributed by atoms with E-state index in [0.717, 1.165) is 28.9 Å². The van der Waals surface area contributed by atoms with Gasteiger partial charge in [-0.2, -0.15) is 0 Å². The molecule has 0 spiro atoms. The van der Waals surface area contributed by atoms with Crippen LogP contribution in [0.2, 0.25) is 0 Å². The Hall–Kier alpha value is -2.61. The first-order chi connectivity index (χ1) is 10.7. The molecule has 0 N–H and O–H groups in total. The Balaban J connectivity index is 1.98. The Morgan fingerprint density at radius 3 is 2.55 bits per heavy atom. The van der Waals surface area contributed by atoms with Crippen molar-refractivity contribution < 1.29 is 4.42 Å². The van der Waals surface area contributed by atoms with E-state index in [2.05, 4.69) is 13.0 Å². The van der Waals surface area contributed by atoms with Crippen LogP contribution in [-0.2, 0) is 6.42 Å². The smallest absolute Gasteiger partial charge is 0.189 e. The molecule has 1 aliphatic rings. The minimum atomic E-state index is 0.0708. The van der Waals surface area contributed by atoms with E-state index in [4.69, 9.17) is 4.42 Å². The first kappa shape index (κ1) is 13.1. The van der Waals surface area contributed by atoms with Gasteiger partial charge in [-0.25, -0.2) is 0 Å². The summed E-state index contributed by atoms with van der Waals surface area (Å²) in [5.41, 5.74) is 4.10. The molecule has 2 nitrogen and oxygen atoms in total. The van der Waals surface area contributed by atoms with E-state index in [1.807, 2.05) is 48.5 Å². The molecule has 0 amide bonds. The number of hydrogen-bond donors (Lipinski definition) is 0. The second-order valence-electron chi connectivity index (χ2n) is 5.84. The van der Waals surface area contributed by atoms with Crippen molar-refractivity contribution in [2.24, 2.45) is 0 Å². The molecule has 4 rings (SSSR count). The topological polar surface area (TPSA) is 30.2 Å². The van der Waals surface area contributed by atoms with Gasteiger partial charge in [-0.3, -0.25) is 4.79 Å². The van der Waals surface area contributed by atoms with Crippen LogP contribution in [0, 0.1) is 0 Å². The van der Waals surface area contributed by atoms with Crippen LogP contribution in [0.1, 0.15) is 24.0 Å². The van der Waals surface area contributed by atoms with Gasteiger partial charge in [-0.05, 0) is 17.9 Å². The average Bonchev–Trinajstić information content (AvgIpc) is 2.57. The number of fused-ring (bicyclic) bond motifs is 3. The standard InChI is InChI=1S/C20H16O2/c1-13-11-17-18(21)12-19(14-7-3-2-4-8-14)22-20(17)16-10-6-5-9-15(13)16/h2-10,12-13H,11H2,1H3. The second-order valence-corrected chi connectivity index (χ2v) is 5.84. The van der Waals surface area contributed by atoms with Crippen molar-refractivity contribution in [1.82, 2.24) is 0 Å². The summed E-state index contributed by atoms with van der Waals surface area (Å²) in [5.74, 6) is 1.71. The second kappa shape index (κ2) is 4.99. The SMILES string of the molecule is CC1Cc2c(oc(-c3ccccc3)cc2=O)-c2ccccc21. The molecule has 2 aromatic carbocycles. The van der Waals surface area contributed by atoms with E-state index >= 15 is 0 Å². The normalized spacial score (nSPS) is 16.0. The largest absolute Gasteiger partial charge is 0.456 e. The fourth-order valence-corrected chi connectivity index (χ4v) is 3.22. The Kier molecular flexibility index (Phi) is 2.97. The molecule has 0 bridgehead atoms. The van der Waals surface area contributed by atoms with Crippen molar-refractivity contribution >= 4 is 0 Å². The number of benzene rings is 2. The minimum absolute atomic E-state index is 0.0708. The molecule has 0 aliphatic heterocycles. The first-order valence-electron chi connectivity index (χ1n) is 7.56. The highest BCUT2D eigenvalue weighted by Crippen LogP contribution is 2.39. The van der Waals surface area contributed by atoms with E-state index in [1.54, 1.807) is 6.07 Å². The average molecular weight is 288 g/mol. The molecule has 0 saturated heterocycles. The van der Waals surface area contributed by atoms with Crippen LogP contribution in [0.4, 0.5) is 0 Å². The predicted octanol–water partition coefficient (Wildman–Crippen LogP) is 4.63. The van der Waals surface area contributed by atoms with Crippen LogP contribution in [-0.4, -0.2) is 0 Å². The third-order valence-electron chi connectivity index (χ3n) is 4.35. The highest BCUT2D eigenvalue weighted by atomic mass is 16.3. The quantitative estimate of drug-likeness (QED) is 0.653. The molecule has 1 heterocycles. The maximum Gasteiger partial charge on any atom is 0.189 e. The van der Waals surface area contributed by atoms with E-state index in [-0.39, 0.29) is 5.43 Å². The summed E-state index contributed by atoms with van der Waals surface area (Å²) in [4.78, 5) is 12.6. The summed E-state index contributed by atoms with van der Waals surface area (Å²) in [7, 11) is 0. The fraction of sp³-hybridized carbons (Fsp3) is 0.150. The zero-order valence-electron chi connectivity index (χ0n) is 12.4. The van der Waals surface area contributed by atoms with Gasteiger partial charge in [0.1, 0.15) is 11.5 Å². The van der Waals surface area contributed by atoms with Crippen molar-refractivity contribution in [3.8, 4) is 22.6 Å². The Morgan fingerprint density at radius 1 is 1.00 bits per heavy atom. The summed E-state index contributed by atoms with van der Waals surface area (Å²) in [5, 5.41) is 0. The molecular formula is C20H16O2. The molecule has 22 heavy (non-hydrogen) atoms. The van der Waals surface area contributed by atoms with Crippen LogP contribution >= 0.6 is 0 Å². The maximum atomic E-state index is 12.6. The molecule has 0 radical (unpaired) electrons. The number of rotatable bonds is 1. The molecule has 1 aromatic heterocycles. The van der Waals surface area contributed by atoms with Gasteiger partial charge in [0.25, 0.3) is 0 Å². The van der Waals surface area contributed by atoms with Gasteiger partial charge in [-0.15, -0.1) is 0 Å². The lowest BCUT2D eigenvalue weighted by atomic mass is 9.82. The molecule has 108 valence electrons. The lowest BCUT2D eigenvalue weighted by Gasteiger charge is -2.23. The third kappa shape index (κ3) is 2.00. The first-order valence-corrected chi connectivity index (χ1v) is 7.56. The van der Waals surface area contributed by atoms with Gasteiger partial charge in [0, 0.05) is 22.8 Å². The van der Waals surface area contributed by atoms with Gasteiger partial charge in [0.05, 0.1) is 0 Å². The van der Waals surface area contributed by atoms with Crippen LogP contribution < -0.4 is 5.43 Å². The van der Waals surface area contributed by atoms with Gasteiger partial charge < -0.3 is 4.42 Å². The molecule has 3 aromatic rings. The lowest BCUT2D eigenvalue weighted by Crippen LogP contribution is -2.17. The van der Waals surface area contributed by atoms with E-state index in [1.165, 1.54) is 5.56 Å². The summed E-state index contributed by atoms with van der Waals surface area (Å²) in [6.07, 6.45) is 0.740. The van der Waals surface area contributed by atoms with Gasteiger partial charge >= 0.3 is 0 Å². The molecule has 0 fully saturated rings. The molecule has 0 saturated carbocycles. The summed E-state index contributed by atoms with van der Waals surface area (Å²) >= 11 is 0. The monoisotopic (exact) mass is 288 g/mol. The lowest BCUT2D eigenvalue weighted by molar-refractivity contribution is 0.557. The van der Waals surface area contributed by atoms with Crippen molar-refractivity contribution in [1.29, 1.82) is 0 Å². The summed E-state index contributed by atoms with van der Waals surface area (Å²) in [6, 6.07) is 19.6. The highest BCUT2D eigenvalue weighted by Gasteiger charge is 2.26. The zero-order valence-corrected chi connectivity index (χ0v) is 12.4. The Morgan fingerprint density at radius 2 is 1.73 bits per heavy atom. The van der Waals surface area contributed by atoms with E-state index < -0.39 is 0 Å². The fourth-order valence-electron chi connectivity index (χ4n) is 3.22. The van der Waals surface area contributed by atoms with Crippen LogP contribution in [0.15, 0.2) is 69.9 Å². The van der Waals surface area contributed by atoms with Crippen LogP contribution in [0.3, 0.4) is 0 Å². The summed E-state index contributed by atoms with van der Waals surface area (Å²) in [6.45, 7) is 2.16. The molecule has 1 unspecified atom stereocenters. The molecular weight excluding hydrogens is 272 g/mol. The predicted molar refractivity (Wildman–Crippen MR) is 88.0 cm³/mol. The van der Waals surface area contributed by atoms with Crippen molar-refractivity contribution in [3.63, 3.8) is 0 Å². The van der Waals surface area contributed by atoms with Gasteiger partial charge in [-0.1, -0.05) is 61.5 Å². The maximum absolute atomic E-state index is 12.6. The Labute approximate surface area is 129 Å². The van der Waals surface area contributed by atoms with Crippen LogP contribution in [0.5, 0.6) is 0 Å². The number of hydrogen-bond acceptors (Lipinski definition) is 2. The Bertz CT molecular complexity index is 891. The van der Waals surface area contributed by atoms with E-state index in [0.29, 0.717) is 11.7 Å². The van der Waals surface area contributed by atoms with Crippen molar-refractivity contribution in [2.45, 2.75) is 19.3 Å². The minimum Gasteiger partial charge on any atom is -0.456 e. The third-order valence-corrected chi connectivity index (χ3v) is 4.35. The molecule has 2 heteroatoms. The zero-order chi connectivity index (χ0) is 15.1. The summed E-state index contributed by atoms with van der Waals surface area (Å²) < 4.78 is 6.14. The van der Waals surface area contributed by atoms with Gasteiger partial charge in [0.15, 0.2) is 5.43 Å². The molecule has 1 aliphatic carbocycles. The van der Waals surface area contributed by atoms with Crippen molar-refractivity contribution in [2.75, 3.05) is 0 Å².